The molecule has 1 aromatic rings. The number of rotatable bonds is 6. The highest BCUT2D eigenvalue weighted by Gasteiger charge is 2.22. The van der Waals surface area contributed by atoms with E-state index in [1.54, 1.807) is 26.8 Å². The van der Waals surface area contributed by atoms with Crippen molar-refractivity contribution in [3.05, 3.63) is 29.3 Å². The van der Waals surface area contributed by atoms with Crippen molar-refractivity contribution < 1.29 is 18.0 Å². The van der Waals surface area contributed by atoms with E-state index in [1.807, 2.05) is 0 Å². The quantitative estimate of drug-likeness (QED) is 0.787. The number of nitrogens with one attached hydrogen (secondary N) is 2. The van der Waals surface area contributed by atoms with E-state index in [0.29, 0.717) is 12.1 Å². The first-order valence-corrected chi connectivity index (χ1v) is 8.67. The fraction of sp³-hybridized carbons (Fsp3) is 0.467. The molecule has 0 saturated heterocycles. The predicted molar refractivity (Wildman–Crippen MR) is 87.7 cm³/mol. The zero-order chi connectivity index (χ0) is 17.8. The van der Waals surface area contributed by atoms with Crippen LogP contribution in [0, 0.1) is 6.92 Å². The number of amides is 2. The average molecular weight is 341 g/mol. The Morgan fingerprint density at radius 2 is 1.87 bits per heavy atom. The van der Waals surface area contributed by atoms with Crippen LogP contribution in [0.5, 0.6) is 0 Å². The number of benzene rings is 1. The highest BCUT2D eigenvalue weighted by molar-refractivity contribution is 7.89. The van der Waals surface area contributed by atoms with Gasteiger partial charge in [-0.25, -0.2) is 12.7 Å². The van der Waals surface area contributed by atoms with Gasteiger partial charge in [0.05, 0.1) is 4.90 Å². The topological polar surface area (TPSA) is 95.6 Å². The predicted octanol–water partition coefficient (Wildman–Crippen LogP) is 0.500. The number of nitrogens with zero attached hydrogens (tertiary/aromatic N) is 1. The van der Waals surface area contributed by atoms with Crippen LogP contribution in [0.3, 0.4) is 0 Å². The van der Waals surface area contributed by atoms with E-state index in [1.165, 1.54) is 26.2 Å². The van der Waals surface area contributed by atoms with Crippen molar-refractivity contribution in [2.24, 2.45) is 0 Å². The first-order chi connectivity index (χ1) is 10.6. The molecule has 0 aromatic heterocycles. The number of likely N-dealkylation sites (N-methyl/N-ethyl adjacent to an activating group) is 1. The Bertz CT molecular complexity index is 699. The van der Waals surface area contributed by atoms with Crippen LogP contribution in [0.1, 0.15) is 29.8 Å². The highest BCUT2D eigenvalue weighted by atomic mass is 32.2. The first-order valence-electron chi connectivity index (χ1n) is 7.23. The maximum absolute atomic E-state index is 12.3. The van der Waals surface area contributed by atoms with Gasteiger partial charge in [0.1, 0.15) is 6.04 Å². The maximum Gasteiger partial charge on any atom is 0.252 e. The fourth-order valence-electron chi connectivity index (χ4n) is 1.88. The lowest BCUT2D eigenvalue weighted by Gasteiger charge is -2.16. The zero-order valence-electron chi connectivity index (χ0n) is 14.0. The van der Waals surface area contributed by atoms with Crippen LogP contribution in [0.15, 0.2) is 23.1 Å². The molecule has 1 aromatic carbocycles. The molecule has 0 aliphatic carbocycles. The molecule has 0 saturated carbocycles. The number of carbonyl (C=O) groups is 2. The normalized spacial score (nSPS) is 12.8. The molecular formula is C15H23N3O4S. The summed E-state index contributed by atoms with van der Waals surface area (Å²) in [5.74, 6) is -0.785. The Hall–Kier alpha value is -1.93. The van der Waals surface area contributed by atoms with Crippen molar-refractivity contribution in [1.82, 2.24) is 14.9 Å². The van der Waals surface area contributed by atoms with Gasteiger partial charge in [-0.2, -0.15) is 0 Å². The second-order valence-electron chi connectivity index (χ2n) is 5.35. The van der Waals surface area contributed by atoms with E-state index < -0.39 is 22.0 Å². The minimum absolute atomic E-state index is 0.0314. The maximum atomic E-state index is 12.3. The Balaban J connectivity index is 3.09. The highest BCUT2D eigenvalue weighted by Crippen LogP contribution is 2.18. The van der Waals surface area contributed by atoms with Crippen molar-refractivity contribution in [3.8, 4) is 0 Å². The van der Waals surface area contributed by atoms with Gasteiger partial charge in [0.25, 0.3) is 5.91 Å². The van der Waals surface area contributed by atoms with Crippen LogP contribution in [-0.4, -0.2) is 51.2 Å². The van der Waals surface area contributed by atoms with E-state index in [2.05, 4.69) is 10.6 Å². The van der Waals surface area contributed by atoms with Gasteiger partial charge >= 0.3 is 0 Å². The SMILES string of the molecule is CCNC(=O)[C@@H](C)NC(=O)c1cc(S(=O)(=O)N(C)C)ccc1C. The van der Waals surface area contributed by atoms with E-state index in [9.17, 15) is 18.0 Å². The third-order valence-electron chi connectivity index (χ3n) is 3.32. The zero-order valence-corrected chi connectivity index (χ0v) is 14.8. The van der Waals surface area contributed by atoms with Gasteiger partial charge in [-0.15, -0.1) is 0 Å². The van der Waals surface area contributed by atoms with Gasteiger partial charge in [0, 0.05) is 26.2 Å². The fourth-order valence-corrected chi connectivity index (χ4v) is 2.81. The van der Waals surface area contributed by atoms with Crippen molar-refractivity contribution in [3.63, 3.8) is 0 Å². The summed E-state index contributed by atoms with van der Waals surface area (Å²) in [6.45, 7) is 5.53. The van der Waals surface area contributed by atoms with Gasteiger partial charge in [0.15, 0.2) is 0 Å². The Kier molecular flexibility index (Phi) is 6.28. The molecule has 2 N–H and O–H groups in total. The molecule has 7 nitrogen and oxygen atoms in total. The summed E-state index contributed by atoms with van der Waals surface area (Å²) in [5.41, 5.74) is 0.854. The third-order valence-corrected chi connectivity index (χ3v) is 5.14. The van der Waals surface area contributed by atoms with Gasteiger partial charge < -0.3 is 10.6 Å². The van der Waals surface area contributed by atoms with Gasteiger partial charge in [0.2, 0.25) is 15.9 Å². The van der Waals surface area contributed by atoms with Crippen LogP contribution in [0.4, 0.5) is 0 Å². The Morgan fingerprint density at radius 3 is 2.39 bits per heavy atom. The number of sulfonamides is 1. The third kappa shape index (κ3) is 4.52. The summed E-state index contributed by atoms with van der Waals surface area (Å²) in [7, 11) is -0.784. The lowest BCUT2D eigenvalue weighted by molar-refractivity contribution is -0.122. The van der Waals surface area contributed by atoms with Gasteiger partial charge in [-0.3, -0.25) is 9.59 Å². The standard InChI is InChI=1S/C15H23N3O4S/c1-6-16-14(19)11(3)17-15(20)13-9-12(8-7-10(13)2)23(21,22)18(4)5/h7-9,11H,6H2,1-5H3,(H,16,19)(H,17,20)/t11-/m1/s1. The first kappa shape index (κ1) is 19.1. The largest absolute Gasteiger partial charge is 0.355 e. The summed E-state index contributed by atoms with van der Waals surface area (Å²) in [5, 5.41) is 5.18. The smallest absolute Gasteiger partial charge is 0.252 e. The molecule has 1 atom stereocenters. The molecule has 0 heterocycles. The van der Waals surface area contributed by atoms with Crippen LogP contribution < -0.4 is 10.6 Å². The van der Waals surface area contributed by atoms with Crippen LogP contribution >= 0.6 is 0 Å². The molecule has 8 heteroatoms. The molecule has 23 heavy (non-hydrogen) atoms. The van der Waals surface area contributed by atoms with Crippen LogP contribution in [0.2, 0.25) is 0 Å². The lowest BCUT2D eigenvalue weighted by atomic mass is 10.1. The average Bonchev–Trinajstić information content (AvgIpc) is 2.47. The molecule has 2 amide bonds. The van der Waals surface area contributed by atoms with Crippen LogP contribution in [0.25, 0.3) is 0 Å². The number of aryl methyl sites for hydroxylation is 1. The number of hydrogen-bond acceptors (Lipinski definition) is 4. The second-order valence-corrected chi connectivity index (χ2v) is 7.51. The molecule has 0 aliphatic rings. The number of hydrogen-bond donors (Lipinski definition) is 2. The molecule has 0 radical (unpaired) electrons. The molecule has 0 fully saturated rings. The Morgan fingerprint density at radius 1 is 1.26 bits per heavy atom. The van der Waals surface area contributed by atoms with Crippen molar-refractivity contribution in [2.75, 3.05) is 20.6 Å². The molecule has 0 unspecified atom stereocenters. The van der Waals surface area contributed by atoms with E-state index in [4.69, 9.17) is 0 Å². The summed E-state index contributed by atoms with van der Waals surface area (Å²) in [6, 6.07) is 3.64. The van der Waals surface area contributed by atoms with Gasteiger partial charge in [-0.1, -0.05) is 6.07 Å². The monoisotopic (exact) mass is 341 g/mol. The minimum Gasteiger partial charge on any atom is -0.355 e. The number of carbonyl (C=O) groups excluding carboxylic acids is 2. The lowest BCUT2D eigenvalue weighted by Crippen LogP contribution is -2.44. The van der Waals surface area contributed by atoms with E-state index in [0.717, 1.165) is 4.31 Å². The molecule has 0 bridgehead atoms. The van der Waals surface area contributed by atoms with E-state index >= 15 is 0 Å². The summed E-state index contributed by atoms with van der Waals surface area (Å²) < 4.78 is 25.4. The second kappa shape index (κ2) is 7.56. The van der Waals surface area contributed by atoms with Crippen molar-refractivity contribution >= 4 is 21.8 Å². The summed E-state index contributed by atoms with van der Waals surface area (Å²) in [6.07, 6.45) is 0. The van der Waals surface area contributed by atoms with E-state index in [-0.39, 0.29) is 16.4 Å². The summed E-state index contributed by atoms with van der Waals surface area (Å²) in [4.78, 5) is 24.0. The molecular weight excluding hydrogens is 318 g/mol. The van der Waals surface area contributed by atoms with Crippen molar-refractivity contribution in [2.45, 2.75) is 31.7 Å². The summed E-state index contributed by atoms with van der Waals surface area (Å²) >= 11 is 0. The molecule has 1 rings (SSSR count). The van der Waals surface area contributed by atoms with Gasteiger partial charge in [-0.05, 0) is 38.5 Å². The van der Waals surface area contributed by atoms with Crippen molar-refractivity contribution in [1.29, 1.82) is 0 Å². The Labute approximate surface area is 137 Å². The molecule has 128 valence electrons. The molecule has 0 aliphatic heterocycles. The van der Waals surface area contributed by atoms with Crippen LogP contribution in [-0.2, 0) is 14.8 Å². The molecule has 0 spiro atoms. The minimum atomic E-state index is -3.63.